The van der Waals surface area contributed by atoms with Gasteiger partial charge in [-0.25, -0.2) is 0 Å². The lowest BCUT2D eigenvalue weighted by molar-refractivity contribution is 0.103. The Morgan fingerprint density at radius 2 is 1.55 bits per heavy atom. The van der Waals surface area contributed by atoms with Gasteiger partial charge in [0.25, 0.3) is 0 Å². The van der Waals surface area contributed by atoms with E-state index in [-0.39, 0.29) is 5.78 Å². The second-order valence-electron chi connectivity index (χ2n) is 4.13. The predicted octanol–water partition coefficient (Wildman–Crippen LogP) is 3.17. The number of anilines is 1. The Bertz CT molecular complexity index is 600. The quantitative estimate of drug-likeness (QED) is 0.694. The summed E-state index contributed by atoms with van der Waals surface area (Å²) in [5, 5.41) is 0.456. The Balaban J connectivity index is 2.56. The third kappa shape index (κ3) is 2.70. The van der Waals surface area contributed by atoms with Gasteiger partial charge in [0.05, 0.1) is 25.3 Å². The monoisotopic (exact) mass is 291 g/mol. The van der Waals surface area contributed by atoms with Gasteiger partial charge in [-0.2, -0.15) is 0 Å². The van der Waals surface area contributed by atoms with Gasteiger partial charge < -0.3 is 15.2 Å². The van der Waals surface area contributed by atoms with Gasteiger partial charge in [-0.05, 0) is 36.4 Å². The molecule has 5 heteroatoms. The average Bonchev–Trinajstić information content (AvgIpc) is 2.46. The summed E-state index contributed by atoms with van der Waals surface area (Å²) in [5.74, 6) is 0.642. The molecule has 0 fully saturated rings. The topological polar surface area (TPSA) is 61.5 Å². The fourth-order valence-electron chi connectivity index (χ4n) is 1.91. The van der Waals surface area contributed by atoms with E-state index in [0.717, 1.165) is 0 Å². The molecule has 2 rings (SSSR count). The maximum atomic E-state index is 12.6. The van der Waals surface area contributed by atoms with E-state index in [2.05, 4.69) is 0 Å². The molecule has 0 aliphatic carbocycles. The van der Waals surface area contributed by atoms with E-state index in [9.17, 15) is 4.79 Å². The third-order valence-electron chi connectivity index (χ3n) is 2.87. The van der Waals surface area contributed by atoms with Crippen LogP contribution in [0, 0.1) is 0 Å². The highest BCUT2D eigenvalue weighted by Gasteiger charge is 2.19. The molecule has 0 saturated carbocycles. The predicted molar refractivity (Wildman–Crippen MR) is 78.8 cm³/mol. The van der Waals surface area contributed by atoms with E-state index in [1.54, 1.807) is 36.4 Å². The van der Waals surface area contributed by atoms with Crippen LogP contribution in [0.15, 0.2) is 36.4 Å². The SMILES string of the molecule is COc1ccc(N)cc1C(=O)c1cc(Cl)ccc1OC. The summed E-state index contributed by atoms with van der Waals surface area (Å²) in [6.07, 6.45) is 0. The number of benzene rings is 2. The Kier molecular flexibility index (Phi) is 4.15. The van der Waals surface area contributed by atoms with Crippen molar-refractivity contribution in [1.29, 1.82) is 0 Å². The van der Waals surface area contributed by atoms with Crippen LogP contribution < -0.4 is 15.2 Å². The molecule has 2 N–H and O–H groups in total. The summed E-state index contributed by atoms with van der Waals surface area (Å²) in [6, 6.07) is 9.76. The van der Waals surface area contributed by atoms with E-state index in [0.29, 0.717) is 33.3 Å². The summed E-state index contributed by atoms with van der Waals surface area (Å²) < 4.78 is 10.4. The first-order valence-corrected chi connectivity index (χ1v) is 6.26. The molecule has 0 aromatic heterocycles. The minimum absolute atomic E-state index is 0.256. The van der Waals surface area contributed by atoms with E-state index in [4.69, 9.17) is 26.8 Å². The number of rotatable bonds is 4. The highest BCUT2D eigenvalue weighted by molar-refractivity contribution is 6.31. The highest BCUT2D eigenvalue weighted by Crippen LogP contribution is 2.29. The van der Waals surface area contributed by atoms with Crippen molar-refractivity contribution < 1.29 is 14.3 Å². The number of ketones is 1. The largest absolute Gasteiger partial charge is 0.496 e. The minimum atomic E-state index is -0.256. The molecule has 0 unspecified atom stereocenters. The molecule has 2 aromatic rings. The molecule has 0 amide bonds. The van der Waals surface area contributed by atoms with Crippen molar-refractivity contribution in [3.63, 3.8) is 0 Å². The van der Waals surface area contributed by atoms with Gasteiger partial charge in [-0.15, -0.1) is 0 Å². The van der Waals surface area contributed by atoms with Crippen molar-refractivity contribution in [3.8, 4) is 11.5 Å². The fraction of sp³-hybridized carbons (Fsp3) is 0.133. The van der Waals surface area contributed by atoms with Crippen molar-refractivity contribution in [2.45, 2.75) is 0 Å². The van der Waals surface area contributed by atoms with Crippen LogP contribution in [0.25, 0.3) is 0 Å². The van der Waals surface area contributed by atoms with Crippen molar-refractivity contribution >= 4 is 23.1 Å². The number of nitrogens with two attached hydrogens (primary N) is 1. The summed E-state index contributed by atoms with van der Waals surface area (Å²) >= 11 is 5.95. The summed E-state index contributed by atoms with van der Waals surface area (Å²) in [7, 11) is 2.99. The molecule has 2 aromatic carbocycles. The molecular weight excluding hydrogens is 278 g/mol. The molecule has 0 aliphatic rings. The number of carbonyl (C=O) groups is 1. The van der Waals surface area contributed by atoms with Gasteiger partial charge in [0.2, 0.25) is 5.78 Å². The van der Waals surface area contributed by atoms with Crippen LogP contribution >= 0.6 is 11.6 Å². The zero-order valence-electron chi connectivity index (χ0n) is 11.1. The summed E-state index contributed by atoms with van der Waals surface area (Å²) in [5.41, 5.74) is 6.95. The zero-order chi connectivity index (χ0) is 14.7. The van der Waals surface area contributed by atoms with Crippen molar-refractivity contribution in [3.05, 3.63) is 52.5 Å². The second kappa shape index (κ2) is 5.84. The van der Waals surface area contributed by atoms with Crippen molar-refractivity contribution in [2.75, 3.05) is 20.0 Å². The first kappa shape index (κ1) is 14.2. The smallest absolute Gasteiger partial charge is 0.200 e. The van der Waals surface area contributed by atoms with Gasteiger partial charge in [0.1, 0.15) is 11.5 Å². The van der Waals surface area contributed by atoms with Crippen molar-refractivity contribution in [2.24, 2.45) is 0 Å². The number of carbonyl (C=O) groups excluding carboxylic acids is 1. The number of halogens is 1. The lowest BCUT2D eigenvalue weighted by atomic mass is 10.0. The molecule has 0 saturated heterocycles. The average molecular weight is 292 g/mol. The Morgan fingerprint density at radius 1 is 1.00 bits per heavy atom. The molecule has 104 valence electrons. The van der Waals surface area contributed by atoms with Gasteiger partial charge in [-0.3, -0.25) is 4.79 Å². The lowest BCUT2D eigenvalue weighted by Crippen LogP contribution is -2.07. The maximum Gasteiger partial charge on any atom is 0.200 e. The Hall–Kier alpha value is -2.20. The van der Waals surface area contributed by atoms with E-state index in [1.807, 2.05) is 0 Å². The molecule has 0 heterocycles. The third-order valence-corrected chi connectivity index (χ3v) is 3.11. The number of ether oxygens (including phenoxy) is 2. The van der Waals surface area contributed by atoms with Crippen LogP contribution in [0.5, 0.6) is 11.5 Å². The number of methoxy groups -OCH3 is 2. The van der Waals surface area contributed by atoms with Crippen LogP contribution in [0.2, 0.25) is 5.02 Å². The van der Waals surface area contributed by atoms with Crippen LogP contribution in [-0.2, 0) is 0 Å². The van der Waals surface area contributed by atoms with E-state index >= 15 is 0 Å². The van der Waals surface area contributed by atoms with Crippen LogP contribution in [0.1, 0.15) is 15.9 Å². The number of hydrogen-bond donors (Lipinski definition) is 1. The molecule has 0 atom stereocenters. The van der Waals surface area contributed by atoms with Crippen LogP contribution in [-0.4, -0.2) is 20.0 Å². The molecule has 0 spiro atoms. The van der Waals surface area contributed by atoms with Gasteiger partial charge in [0, 0.05) is 10.7 Å². The van der Waals surface area contributed by atoms with E-state index in [1.165, 1.54) is 14.2 Å². The van der Waals surface area contributed by atoms with Crippen molar-refractivity contribution in [1.82, 2.24) is 0 Å². The molecular formula is C15H14ClNO3. The van der Waals surface area contributed by atoms with Gasteiger partial charge in [-0.1, -0.05) is 11.6 Å². The molecule has 20 heavy (non-hydrogen) atoms. The summed E-state index contributed by atoms with van der Waals surface area (Å²) in [6.45, 7) is 0. The minimum Gasteiger partial charge on any atom is -0.496 e. The highest BCUT2D eigenvalue weighted by atomic mass is 35.5. The van der Waals surface area contributed by atoms with Crippen LogP contribution in [0.4, 0.5) is 5.69 Å². The lowest BCUT2D eigenvalue weighted by Gasteiger charge is -2.11. The molecule has 4 nitrogen and oxygen atoms in total. The number of nitrogen functional groups attached to an aromatic ring is 1. The number of hydrogen-bond acceptors (Lipinski definition) is 4. The van der Waals surface area contributed by atoms with Gasteiger partial charge in [0.15, 0.2) is 0 Å². The maximum absolute atomic E-state index is 12.6. The van der Waals surface area contributed by atoms with Gasteiger partial charge >= 0.3 is 0 Å². The zero-order valence-corrected chi connectivity index (χ0v) is 11.9. The molecule has 0 radical (unpaired) electrons. The standard InChI is InChI=1S/C15H14ClNO3/c1-19-13-5-3-9(16)7-11(13)15(18)12-8-10(17)4-6-14(12)20-2/h3-8H,17H2,1-2H3. The first-order valence-electron chi connectivity index (χ1n) is 5.88. The Labute approximate surface area is 122 Å². The molecule has 0 bridgehead atoms. The fourth-order valence-corrected chi connectivity index (χ4v) is 2.08. The normalized spacial score (nSPS) is 10.2. The first-order chi connectivity index (χ1) is 9.56. The van der Waals surface area contributed by atoms with E-state index < -0.39 is 0 Å². The molecule has 0 aliphatic heterocycles. The summed E-state index contributed by atoms with van der Waals surface area (Å²) in [4.78, 5) is 12.6. The Morgan fingerprint density at radius 3 is 2.15 bits per heavy atom. The van der Waals surface area contributed by atoms with Crippen LogP contribution in [0.3, 0.4) is 0 Å². The second-order valence-corrected chi connectivity index (χ2v) is 4.57.